The van der Waals surface area contributed by atoms with Gasteiger partial charge in [0.2, 0.25) is 5.95 Å². The second kappa shape index (κ2) is 5.75. The van der Waals surface area contributed by atoms with Crippen molar-refractivity contribution in [3.8, 4) is 6.07 Å². The van der Waals surface area contributed by atoms with E-state index in [1.807, 2.05) is 13.0 Å². The molecule has 1 fully saturated rings. The minimum absolute atomic E-state index is 0.672. The molecular formula is C15H16N6. The van der Waals surface area contributed by atoms with E-state index in [9.17, 15) is 5.26 Å². The SMILES string of the molecule is Cc1ccnc(N2CCN(c3cnccc3C#N)CC2)n1. The molecular weight excluding hydrogens is 264 g/mol. The fraction of sp³-hybridized carbons (Fsp3) is 0.333. The van der Waals surface area contributed by atoms with E-state index in [2.05, 4.69) is 30.8 Å². The van der Waals surface area contributed by atoms with Crippen LogP contribution in [0.25, 0.3) is 0 Å². The molecule has 0 amide bonds. The number of rotatable bonds is 2. The number of hydrogen-bond donors (Lipinski definition) is 0. The summed E-state index contributed by atoms with van der Waals surface area (Å²) in [6.07, 6.45) is 5.20. The van der Waals surface area contributed by atoms with E-state index in [4.69, 9.17) is 0 Å². The third-order valence-corrected chi connectivity index (χ3v) is 3.61. The molecule has 0 radical (unpaired) electrons. The second-order valence-electron chi connectivity index (χ2n) is 4.98. The van der Waals surface area contributed by atoms with Crippen molar-refractivity contribution in [1.29, 1.82) is 5.26 Å². The van der Waals surface area contributed by atoms with Crippen LogP contribution in [0.5, 0.6) is 0 Å². The first-order valence-corrected chi connectivity index (χ1v) is 6.91. The fourth-order valence-electron chi connectivity index (χ4n) is 2.47. The number of aryl methyl sites for hydroxylation is 1. The van der Waals surface area contributed by atoms with Crippen molar-refractivity contribution in [2.75, 3.05) is 36.0 Å². The van der Waals surface area contributed by atoms with Gasteiger partial charge in [-0.1, -0.05) is 0 Å². The van der Waals surface area contributed by atoms with Gasteiger partial charge in [-0.25, -0.2) is 9.97 Å². The molecule has 0 atom stereocenters. The van der Waals surface area contributed by atoms with Crippen LogP contribution in [0, 0.1) is 18.3 Å². The van der Waals surface area contributed by atoms with Crippen LogP contribution in [0.15, 0.2) is 30.7 Å². The molecule has 2 aromatic rings. The average Bonchev–Trinajstić information content (AvgIpc) is 2.55. The van der Waals surface area contributed by atoms with Crippen LogP contribution < -0.4 is 9.80 Å². The molecule has 0 aromatic carbocycles. The quantitative estimate of drug-likeness (QED) is 0.827. The molecule has 2 aromatic heterocycles. The summed E-state index contributed by atoms with van der Waals surface area (Å²) in [7, 11) is 0. The van der Waals surface area contributed by atoms with Crippen LogP contribution >= 0.6 is 0 Å². The smallest absolute Gasteiger partial charge is 0.225 e. The number of piperazine rings is 1. The van der Waals surface area contributed by atoms with Gasteiger partial charge in [0.05, 0.1) is 17.4 Å². The van der Waals surface area contributed by atoms with E-state index in [1.165, 1.54) is 0 Å². The zero-order valence-corrected chi connectivity index (χ0v) is 11.9. The minimum atomic E-state index is 0.672. The van der Waals surface area contributed by atoms with Crippen molar-refractivity contribution in [3.05, 3.63) is 42.0 Å². The number of aromatic nitrogens is 3. The van der Waals surface area contributed by atoms with Gasteiger partial charge in [0.1, 0.15) is 6.07 Å². The van der Waals surface area contributed by atoms with E-state index in [0.717, 1.165) is 43.5 Å². The average molecular weight is 280 g/mol. The van der Waals surface area contributed by atoms with Gasteiger partial charge < -0.3 is 9.80 Å². The molecule has 1 aliphatic rings. The zero-order chi connectivity index (χ0) is 14.7. The van der Waals surface area contributed by atoms with Crippen LogP contribution in [-0.2, 0) is 0 Å². The molecule has 0 aliphatic carbocycles. The third-order valence-electron chi connectivity index (χ3n) is 3.61. The van der Waals surface area contributed by atoms with Gasteiger partial charge in [0.25, 0.3) is 0 Å². The molecule has 6 nitrogen and oxygen atoms in total. The Morgan fingerprint density at radius 3 is 2.57 bits per heavy atom. The van der Waals surface area contributed by atoms with Gasteiger partial charge in [-0.15, -0.1) is 0 Å². The lowest BCUT2D eigenvalue weighted by Gasteiger charge is -2.36. The lowest BCUT2D eigenvalue weighted by molar-refractivity contribution is 0.638. The zero-order valence-electron chi connectivity index (χ0n) is 11.9. The summed E-state index contributed by atoms with van der Waals surface area (Å²) in [5.41, 5.74) is 2.55. The predicted molar refractivity (Wildman–Crippen MR) is 80.1 cm³/mol. The predicted octanol–water partition coefficient (Wildman–Crippen LogP) is 1.38. The Morgan fingerprint density at radius 2 is 1.86 bits per heavy atom. The fourth-order valence-corrected chi connectivity index (χ4v) is 2.47. The molecule has 1 saturated heterocycles. The van der Waals surface area contributed by atoms with Crippen LogP contribution in [0.2, 0.25) is 0 Å². The number of anilines is 2. The van der Waals surface area contributed by atoms with Crippen molar-refractivity contribution >= 4 is 11.6 Å². The summed E-state index contributed by atoms with van der Waals surface area (Å²) >= 11 is 0. The van der Waals surface area contributed by atoms with Gasteiger partial charge in [0.15, 0.2) is 0 Å². The normalized spacial score (nSPS) is 14.9. The summed E-state index contributed by atoms with van der Waals surface area (Å²) in [6, 6.07) is 5.88. The van der Waals surface area contributed by atoms with Crippen molar-refractivity contribution < 1.29 is 0 Å². The Bertz CT molecular complexity index is 670. The van der Waals surface area contributed by atoms with Crippen LogP contribution in [0.3, 0.4) is 0 Å². The van der Waals surface area contributed by atoms with Gasteiger partial charge in [-0.05, 0) is 19.1 Å². The third kappa shape index (κ3) is 2.77. The van der Waals surface area contributed by atoms with Gasteiger partial charge in [-0.3, -0.25) is 4.98 Å². The van der Waals surface area contributed by atoms with Crippen LogP contribution in [0.1, 0.15) is 11.3 Å². The van der Waals surface area contributed by atoms with E-state index in [0.29, 0.717) is 5.56 Å². The summed E-state index contributed by atoms with van der Waals surface area (Å²) in [4.78, 5) is 17.3. The highest BCUT2D eigenvalue weighted by molar-refractivity contribution is 5.58. The topological polar surface area (TPSA) is 68.9 Å². The Balaban J connectivity index is 1.72. The maximum atomic E-state index is 9.17. The number of hydrogen-bond acceptors (Lipinski definition) is 6. The van der Waals surface area contributed by atoms with Gasteiger partial charge in [0, 0.05) is 44.3 Å². The molecule has 3 rings (SSSR count). The lowest BCUT2D eigenvalue weighted by atomic mass is 10.2. The molecule has 0 unspecified atom stereocenters. The first kappa shape index (κ1) is 13.3. The van der Waals surface area contributed by atoms with Crippen LogP contribution in [0.4, 0.5) is 11.6 Å². The molecule has 0 saturated carbocycles. The number of nitriles is 1. The Kier molecular flexibility index (Phi) is 3.65. The van der Waals surface area contributed by atoms with Crippen LogP contribution in [-0.4, -0.2) is 41.1 Å². The molecule has 0 bridgehead atoms. The van der Waals surface area contributed by atoms with E-state index in [-0.39, 0.29) is 0 Å². The maximum absolute atomic E-state index is 9.17. The Morgan fingerprint density at radius 1 is 1.10 bits per heavy atom. The first-order chi connectivity index (χ1) is 10.3. The molecule has 21 heavy (non-hydrogen) atoms. The van der Waals surface area contributed by atoms with Gasteiger partial charge >= 0.3 is 0 Å². The molecule has 6 heteroatoms. The van der Waals surface area contributed by atoms with E-state index < -0.39 is 0 Å². The van der Waals surface area contributed by atoms with Gasteiger partial charge in [-0.2, -0.15) is 5.26 Å². The maximum Gasteiger partial charge on any atom is 0.225 e. The second-order valence-corrected chi connectivity index (χ2v) is 4.98. The van der Waals surface area contributed by atoms with Crippen molar-refractivity contribution in [3.63, 3.8) is 0 Å². The van der Waals surface area contributed by atoms with E-state index in [1.54, 1.807) is 24.7 Å². The Labute approximate surface area is 123 Å². The first-order valence-electron chi connectivity index (χ1n) is 6.91. The Hall–Kier alpha value is -2.68. The number of pyridine rings is 1. The standard InChI is InChI=1S/C15H16N6/c1-12-2-5-18-15(19-12)21-8-6-20(7-9-21)14-11-17-4-3-13(14)10-16/h2-5,11H,6-9H2,1H3. The summed E-state index contributed by atoms with van der Waals surface area (Å²) in [5.74, 6) is 0.779. The number of nitrogens with zero attached hydrogens (tertiary/aromatic N) is 6. The molecule has 1 aliphatic heterocycles. The van der Waals surface area contributed by atoms with Crippen molar-refractivity contribution in [2.24, 2.45) is 0 Å². The highest BCUT2D eigenvalue weighted by Crippen LogP contribution is 2.21. The largest absolute Gasteiger partial charge is 0.366 e. The van der Waals surface area contributed by atoms with Crippen molar-refractivity contribution in [2.45, 2.75) is 6.92 Å². The molecule has 0 N–H and O–H groups in total. The lowest BCUT2D eigenvalue weighted by Crippen LogP contribution is -2.47. The summed E-state index contributed by atoms with van der Waals surface area (Å²) in [5, 5.41) is 9.17. The van der Waals surface area contributed by atoms with E-state index >= 15 is 0 Å². The molecule has 106 valence electrons. The molecule has 0 spiro atoms. The highest BCUT2D eigenvalue weighted by Gasteiger charge is 2.21. The summed E-state index contributed by atoms with van der Waals surface area (Å²) in [6.45, 7) is 5.30. The summed E-state index contributed by atoms with van der Waals surface area (Å²) < 4.78 is 0. The monoisotopic (exact) mass is 280 g/mol. The molecule has 3 heterocycles. The minimum Gasteiger partial charge on any atom is -0.366 e. The highest BCUT2D eigenvalue weighted by atomic mass is 15.3. The van der Waals surface area contributed by atoms with Crippen molar-refractivity contribution in [1.82, 2.24) is 15.0 Å².